The lowest BCUT2D eigenvalue weighted by atomic mass is 9.85. The van der Waals surface area contributed by atoms with E-state index in [0.717, 1.165) is 12.8 Å². The molecule has 1 aliphatic carbocycles. The van der Waals surface area contributed by atoms with Crippen LogP contribution in [-0.4, -0.2) is 0 Å². The van der Waals surface area contributed by atoms with Crippen LogP contribution in [0.1, 0.15) is 26.7 Å². The van der Waals surface area contributed by atoms with Crippen LogP contribution in [0.4, 0.5) is 5.69 Å². The molecule has 0 amide bonds. The first-order valence-electron chi connectivity index (χ1n) is 16.9. The zero-order valence-electron chi connectivity index (χ0n) is 27.0. The Bertz CT molecular complexity index is 2570. The SMILES string of the molecule is CCC1=CCC2C=CC(C)=CC3=C2N1c1cc(-c2c4ccccc4c(-c4ccc5c(c4)sc4ccccc45)c4ccccc24)ccc1S3. The van der Waals surface area contributed by atoms with Gasteiger partial charge in [0.1, 0.15) is 0 Å². The minimum absolute atomic E-state index is 0.396. The molecule has 230 valence electrons. The van der Waals surface area contributed by atoms with Crippen molar-refractivity contribution in [2.24, 2.45) is 5.92 Å². The van der Waals surface area contributed by atoms with Gasteiger partial charge in [-0.1, -0.05) is 127 Å². The first-order valence-corrected chi connectivity index (χ1v) is 18.6. The van der Waals surface area contributed by atoms with Crippen LogP contribution in [0.25, 0.3) is 64.0 Å². The van der Waals surface area contributed by atoms with E-state index in [1.165, 1.54) is 96.4 Å². The normalized spacial score (nSPS) is 17.1. The fraction of sp³-hybridized carbons (Fsp3) is 0.111. The summed E-state index contributed by atoms with van der Waals surface area (Å²) in [5.74, 6) is 0.396. The van der Waals surface area contributed by atoms with Crippen molar-refractivity contribution in [2.45, 2.75) is 31.6 Å². The second-order valence-corrected chi connectivity index (χ2v) is 15.3. The molecule has 1 unspecified atom stereocenters. The largest absolute Gasteiger partial charge is 0.315 e. The van der Waals surface area contributed by atoms with Gasteiger partial charge in [0, 0.05) is 47.3 Å². The summed E-state index contributed by atoms with van der Waals surface area (Å²) in [7, 11) is 0. The molecule has 0 spiro atoms. The van der Waals surface area contributed by atoms with Gasteiger partial charge in [-0.25, -0.2) is 0 Å². The van der Waals surface area contributed by atoms with Crippen molar-refractivity contribution < 1.29 is 0 Å². The van der Waals surface area contributed by atoms with Gasteiger partial charge in [0.05, 0.1) is 5.69 Å². The van der Waals surface area contributed by atoms with E-state index in [2.05, 4.69) is 152 Å². The van der Waals surface area contributed by atoms with Crippen molar-refractivity contribution in [1.29, 1.82) is 0 Å². The van der Waals surface area contributed by atoms with E-state index >= 15 is 0 Å². The van der Waals surface area contributed by atoms with Crippen LogP contribution in [0.5, 0.6) is 0 Å². The molecule has 0 fully saturated rings. The Hall–Kier alpha value is -4.83. The number of thiophene rings is 1. The lowest BCUT2D eigenvalue weighted by Crippen LogP contribution is -2.32. The van der Waals surface area contributed by atoms with Crippen molar-refractivity contribution in [3.05, 3.63) is 155 Å². The maximum Gasteiger partial charge on any atom is 0.0601 e. The van der Waals surface area contributed by atoms with E-state index < -0.39 is 0 Å². The molecule has 0 radical (unpaired) electrons. The van der Waals surface area contributed by atoms with Crippen molar-refractivity contribution in [1.82, 2.24) is 0 Å². The highest BCUT2D eigenvalue weighted by molar-refractivity contribution is 8.03. The number of benzene rings is 6. The second-order valence-electron chi connectivity index (χ2n) is 13.2. The Balaban J connectivity index is 1.21. The van der Waals surface area contributed by atoms with Crippen LogP contribution in [0.2, 0.25) is 0 Å². The third-order valence-corrected chi connectivity index (χ3v) is 12.6. The molecule has 10 rings (SSSR count). The molecule has 0 bridgehead atoms. The molecule has 0 saturated carbocycles. The fourth-order valence-electron chi connectivity index (χ4n) is 8.20. The van der Waals surface area contributed by atoms with Crippen molar-refractivity contribution in [3.8, 4) is 22.3 Å². The first kappa shape index (κ1) is 28.2. The predicted octanol–water partition coefficient (Wildman–Crippen LogP) is 13.6. The minimum atomic E-state index is 0.396. The lowest BCUT2D eigenvalue weighted by Gasteiger charge is -2.41. The summed E-state index contributed by atoms with van der Waals surface area (Å²) in [5.41, 5.74) is 10.6. The van der Waals surface area contributed by atoms with Gasteiger partial charge in [0.25, 0.3) is 0 Å². The highest BCUT2D eigenvalue weighted by Crippen LogP contribution is 2.53. The summed E-state index contributed by atoms with van der Waals surface area (Å²) < 4.78 is 2.68. The molecule has 1 nitrogen and oxygen atoms in total. The number of rotatable bonds is 3. The van der Waals surface area contributed by atoms with Crippen molar-refractivity contribution in [2.75, 3.05) is 4.90 Å². The Morgan fingerprint density at radius 1 is 0.688 bits per heavy atom. The van der Waals surface area contributed by atoms with Gasteiger partial charge in [-0.05, 0) is 93.9 Å². The number of anilines is 1. The van der Waals surface area contributed by atoms with Gasteiger partial charge in [-0.15, -0.1) is 11.3 Å². The molecule has 48 heavy (non-hydrogen) atoms. The summed E-state index contributed by atoms with van der Waals surface area (Å²) >= 11 is 3.83. The molecule has 3 heterocycles. The Kier molecular flexibility index (Phi) is 6.38. The third kappa shape index (κ3) is 4.17. The Labute approximate surface area is 289 Å². The monoisotopic (exact) mass is 651 g/mol. The topological polar surface area (TPSA) is 3.24 Å². The van der Waals surface area contributed by atoms with Crippen LogP contribution >= 0.6 is 23.1 Å². The molecule has 0 N–H and O–H groups in total. The zero-order chi connectivity index (χ0) is 31.9. The van der Waals surface area contributed by atoms with E-state index in [9.17, 15) is 0 Å². The summed E-state index contributed by atoms with van der Waals surface area (Å²) in [6.07, 6.45) is 11.6. The number of hydrogen-bond donors (Lipinski definition) is 0. The Morgan fingerprint density at radius 3 is 2.02 bits per heavy atom. The van der Waals surface area contributed by atoms with Gasteiger partial charge in [0.15, 0.2) is 0 Å². The van der Waals surface area contributed by atoms with Crippen molar-refractivity contribution >= 4 is 70.5 Å². The van der Waals surface area contributed by atoms with E-state index in [1.807, 2.05) is 23.1 Å². The average Bonchev–Trinajstić information content (AvgIpc) is 3.42. The first-order chi connectivity index (χ1) is 23.7. The average molecular weight is 652 g/mol. The number of fused-ring (bicyclic) bond motifs is 7. The molecule has 3 heteroatoms. The zero-order valence-corrected chi connectivity index (χ0v) is 28.6. The number of allylic oxidation sites excluding steroid dienone is 6. The summed E-state index contributed by atoms with van der Waals surface area (Å²) in [5, 5.41) is 7.87. The molecule has 3 aliphatic rings. The molecular weight excluding hydrogens is 619 g/mol. The minimum Gasteiger partial charge on any atom is -0.315 e. The molecule has 2 aliphatic heterocycles. The lowest BCUT2D eigenvalue weighted by molar-refractivity contribution is 0.688. The second kappa shape index (κ2) is 10.8. The fourth-order valence-corrected chi connectivity index (χ4v) is 10.6. The smallest absolute Gasteiger partial charge is 0.0601 e. The van der Waals surface area contributed by atoms with E-state index in [4.69, 9.17) is 0 Å². The number of nitrogens with zero attached hydrogens (tertiary/aromatic N) is 1. The van der Waals surface area contributed by atoms with Gasteiger partial charge >= 0.3 is 0 Å². The van der Waals surface area contributed by atoms with Gasteiger partial charge in [0.2, 0.25) is 0 Å². The maximum atomic E-state index is 2.59. The molecule has 1 aromatic heterocycles. The highest BCUT2D eigenvalue weighted by atomic mass is 32.2. The van der Waals surface area contributed by atoms with Gasteiger partial charge < -0.3 is 4.90 Å². The van der Waals surface area contributed by atoms with Crippen LogP contribution in [-0.2, 0) is 0 Å². The number of thioether (sulfide) groups is 1. The summed E-state index contributed by atoms with van der Waals surface area (Å²) in [6, 6.07) is 41.1. The molecule has 0 saturated heterocycles. The predicted molar refractivity (Wildman–Crippen MR) is 210 cm³/mol. The Morgan fingerprint density at radius 2 is 1.31 bits per heavy atom. The van der Waals surface area contributed by atoms with Crippen LogP contribution < -0.4 is 4.90 Å². The van der Waals surface area contributed by atoms with Crippen molar-refractivity contribution in [3.63, 3.8) is 0 Å². The van der Waals surface area contributed by atoms with E-state index in [1.54, 1.807) is 0 Å². The third-order valence-electron chi connectivity index (χ3n) is 10.4. The quantitative estimate of drug-likeness (QED) is 0.175. The van der Waals surface area contributed by atoms with Crippen LogP contribution in [0.15, 0.2) is 160 Å². The van der Waals surface area contributed by atoms with Gasteiger partial charge in [-0.3, -0.25) is 0 Å². The standard InChI is InChI=1S/C45H33NS2/c1-3-31-21-18-28-17-16-27(2)24-42-45(28)46(31)38-25-29(20-23-40(38)48-42)43-34-11-4-6-13-36(34)44(37-14-7-5-12-35(37)43)30-19-22-33-32-10-8-9-15-39(32)47-41(33)26-30/h4-17,19-26,28H,3,18H2,1-2H3. The maximum absolute atomic E-state index is 2.59. The van der Waals surface area contributed by atoms with E-state index in [0.29, 0.717) is 5.92 Å². The van der Waals surface area contributed by atoms with Crippen LogP contribution in [0.3, 0.4) is 0 Å². The van der Waals surface area contributed by atoms with Gasteiger partial charge in [-0.2, -0.15) is 0 Å². The molecule has 7 aromatic rings. The molecule has 6 aromatic carbocycles. The van der Waals surface area contributed by atoms with E-state index in [-0.39, 0.29) is 0 Å². The summed E-state index contributed by atoms with van der Waals surface area (Å²) in [6.45, 7) is 4.51. The number of hydrogen-bond acceptors (Lipinski definition) is 3. The summed E-state index contributed by atoms with van der Waals surface area (Å²) in [4.78, 5) is 5.31. The van der Waals surface area contributed by atoms with Crippen LogP contribution in [0, 0.1) is 5.92 Å². The molecular formula is C45H33NS2. The highest BCUT2D eigenvalue weighted by Gasteiger charge is 2.34. The molecule has 1 atom stereocenters.